The number of hydrogen-bond acceptors (Lipinski definition) is 3. The van der Waals surface area contributed by atoms with Gasteiger partial charge in [0.25, 0.3) is 0 Å². The van der Waals surface area contributed by atoms with E-state index in [0.29, 0.717) is 17.0 Å². The first kappa shape index (κ1) is 16.8. The minimum atomic E-state index is -0.0869. The molecule has 0 aliphatic heterocycles. The molecule has 0 unspecified atom stereocenters. The van der Waals surface area contributed by atoms with E-state index in [0.717, 1.165) is 16.9 Å². The molecule has 4 aromatic rings. The van der Waals surface area contributed by atoms with Gasteiger partial charge in [0.05, 0.1) is 18.5 Å². The summed E-state index contributed by atoms with van der Waals surface area (Å²) in [4.78, 5) is 13.2. The van der Waals surface area contributed by atoms with Gasteiger partial charge in [0.1, 0.15) is 11.4 Å². The molecule has 0 aliphatic rings. The van der Waals surface area contributed by atoms with Crippen molar-refractivity contribution in [1.82, 2.24) is 9.78 Å². The Morgan fingerprint density at radius 2 is 1.48 bits per heavy atom. The minimum absolute atomic E-state index is 0.0869. The summed E-state index contributed by atoms with van der Waals surface area (Å²) in [6.45, 7) is 0. The Bertz CT molecular complexity index is 1050. The summed E-state index contributed by atoms with van der Waals surface area (Å²) in [5, 5.41) is 4.70. The van der Waals surface area contributed by atoms with Crippen molar-refractivity contribution >= 4 is 5.78 Å². The van der Waals surface area contributed by atoms with E-state index in [1.165, 1.54) is 0 Å². The van der Waals surface area contributed by atoms with E-state index in [9.17, 15) is 4.79 Å². The van der Waals surface area contributed by atoms with Crippen molar-refractivity contribution < 1.29 is 9.53 Å². The number of methoxy groups -OCH3 is 1. The molecule has 3 aromatic carbocycles. The molecule has 132 valence electrons. The van der Waals surface area contributed by atoms with Crippen molar-refractivity contribution in [3.05, 3.63) is 102 Å². The van der Waals surface area contributed by atoms with E-state index in [-0.39, 0.29) is 5.78 Å². The van der Waals surface area contributed by atoms with E-state index in [1.807, 2.05) is 66.7 Å². The molecule has 0 amide bonds. The number of carbonyl (C=O) groups is 1. The van der Waals surface area contributed by atoms with E-state index < -0.39 is 0 Å². The van der Waals surface area contributed by atoms with Crippen molar-refractivity contribution in [2.45, 2.75) is 0 Å². The van der Waals surface area contributed by atoms with Gasteiger partial charge in [-0.3, -0.25) is 4.79 Å². The first-order chi connectivity index (χ1) is 13.3. The number of aromatic nitrogens is 2. The van der Waals surface area contributed by atoms with Crippen LogP contribution in [0.4, 0.5) is 0 Å². The van der Waals surface area contributed by atoms with E-state index in [2.05, 4.69) is 0 Å². The third-order valence-electron chi connectivity index (χ3n) is 4.36. The molecule has 0 saturated carbocycles. The molecule has 0 aliphatic carbocycles. The Kier molecular flexibility index (Phi) is 4.54. The Hall–Kier alpha value is -3.66. The van der Waals surface area contributed by atoms with Gasteiger partial charge in [0.15, 0.2) is 0 Å². The highest BCUT2D eigenvalue weighted by Crippen LogP contribution is 2.24. The maximum Gasteiger partial charge on any atom is 0.211 e. The van der Waals surface area contributed by atoms with Gasteiger partial charge in [-0.15, -0.1) is 0 Å². The molecule has 0 spiro atoms. The Morgan fingerprint density at radius 3 is 2.11 bits per heavy atom. The van der Waals surface area contributed by atoms with Crippen molar-refractivity contribution in [2.24, 2.45) is 0 Å². The van der Waals surface area contributed by atoms with Crippen LogP contribution in [-0.4, -0.2) is 22.7 Å². The van der Waals surface area contributed by atoms with Crippen molar-refractivity contribution in [1.29, 1.82) is 0 Å². The minimum Gasteiger partial charge on any atom is -0.497 e. The van der Waals surface area contributed by atoms with Crippen molar-refractivity contribution in [3.8, 4) is 22.7 Å². The second-order valence-corrected chi connectivity index (χ2v) is 6.09. The monoisotopic (exact) mass is 354 g/mol. The number of rotatable bonds is 5. The maximum atomic E-state index is 13.2. The summed E-state index contributed by atoms with van der Waals surface area (Å²) in [6, 6.07) is 28.5. The van der Waals surface area contributed by atoms with Crippen molar-refractivity contribution in [2.75, 3.05) is 7.11 Å². The lowest BCUT2D eigenvalue weighted by atomic mass is 10.1. The quantitative estimate of drug-likeness (QED) is 0.485. The molecule has 0 saturated heterocycles. The van der Waals surface area contributed by atoms with Crippen LogP contribution in [0.1, 0.15) is 16.1 Å². The van der Waals surface area contributed by atoms with Crippen LogP contribution in [0.25, 0.3) is 16.9 Å². The predicted molar refractivity (Wildman–Crippen MR) is 105 cm³/mol. The van der Waals surface area contributed by atoms with Crippen LogP contribution < -0.4 is 4.74 Å². The maximum absolute atomic E-state index is 13.2. The average molecular weight is 354 g/mol. The van der Waals surface area contributed by atoms with Crippen molar-refractivity contribution in [3.63, 3.8) is 0 Å². The van der Waals surface area contributed by atoms with E-state index in [1.54, 1.807) is 36.1 Å². The van der Waals surface area contributed by atoms with Gasteiger partial charge in [-0.2, -0.15) is 5.10 Å². The lowest BCUT2D eigenvalue weighted by molar-refractivity contribution is 0.103. The third kappa shape index (κ3) is 3.37. The fraction of sp³-hybridized carbons (Fsp3) is 0.0435. The van der Waals surface area contributed by atoms with E-state index in [4.69, 9.17) is 9.84 Å². The fourth-order valence-corrected chi connectivity index (χ4v) is 2.95. The Balaban J connectivity index is 1.82. The van der Waals surface area contributed by atoms with Crippen LogP contribution in [0.15, 0.2) is 91.0 Å². The molecule has 4 heteroatoms. The molecule has 0 atom stereocenters. The number of ketones is 1. The molecule has 4 nitrogen and oxygen atoms in total. The highest BCUT2D eigenvalue weighted by Gasteiger charge is 2.19. The molecular formula is C23H18N2O2. The number of carbonyl (C=O) groups excluding carboxylic acids is 1. The SMILES string of the molecule is COc1ccc(C(=O)c2cc(-c3ccccc3)nn2-c2ccccc2)cc1. The highest BCUT2D eigenvalue weighted by molar-refractivity contribution is 6.08. The van der Waals surface area contributed by atoms with Gasteiger partial charge in [0.2, 0.25) is 5.78 Å². The van der Waals surface area contributed by atoms with Gasteiger partial charge >= 0.3 is 0 Å². The lowest BCUT2D eigenvalue weighted by Crippen LogP contribution is -2.10. The summed E-state index contributed by atoms with van der Waals surface area (Å²) in [7, 11) is 1.60. The number of ether oxygens (including phenoxy) is 1. The Labute approximate surface area is 157 Å². The molecule has 27 heavy (non-hydrogen) atoms. The van der Waals surface area contributed by atoms with Crippen LogP contribution in [0.3, 0.4) is 0 Å². The normalized spacial score (nSPS) is 10.6. The smallest absolute Gasteiger partial charge is 0.211 e. The fourth-order valence-electron chi connectivity index (χ4n) is 2.95. The summed E-state index contributed by atoms with van der Waals surface area (Å²) in [5.74, 6) is 0.629. The third-order valence-corrected chi connectivity index (χ3v) is 4.36. The van der Waals surface area contributed by atoms with Gasteiger partial charge in [-0.1, -0.05) is 48.5 Å². The average Bonchev–Trinajstić information content (AvgIpc) is 3.20. The van der Waals surface area contributed by atoms with E-state index >= 15 is 0 Å². The first-order valence-corrected chi connectivity index (χ1v) is 8.66. The first-order valence-electron chi connectivity index (χ1n) is 8.66. The summed E-state index contributed by atoms with van der Waals surface area (Å²) >= 11 is 0. The molecule has 1 aromatic heterocycles. The second-order valence-electron chi connectivity index (χ2n) is 6.09. The van der Waals surface area contributed by atoms with Gasteiger partial charge in [-0.25, -0.2) is 4.68 Å². The second kappa shape index (κ2) is 7.30. The zero-order valence-electron chi connectivity index (χ0n) is 14.9. The van der Waals surface area contributed by atoms with Crippen LogP contribution in [0.5, 0.6) is 5.75 Å². The zero-order chi connectivity index (χ0) is 18.6. The molecular weight excluding hydrogens is 336 g/mol. The number of hydrogen-bond donors (Lipinski definition) is 0. The molecule has 1 heterocycles. The number of benzene rings is 3. The molecule has 0 bridgehead atoms. The highest BCUT2D eigenvalue weighted by atomic mass is 16.5. The summed E-state index contributed by atoms with van der Waals surface area (Å²) in [5.41, 5.74) is 3.68. The zero-order valence-corrected chi connectivity index (χ0v) is 14.9. The summed E-state index contributed by atoms with van der Waals surface area (Å²) in [6.07, 6.45) is 0. The molecule has 0 fully saturated rings. The molecule has 0 N–H and O–H groups in total. The molecule has 0 radical (unpaired) electrons. The van der Waals surface area contributed by atoms with Crippen LogP contribution in [0, 0.1) is 0 Å². The largest absolute Gasteiger partial charge is 0.497 e. The number of para-hydroxylation sites is 1. The predicted octanol–water partition coefficient (Wildman–Crippen LogP) is 4.78. The van der Waals surface area contributed by atoms with Gasteiger partial charge in [-0.05, 0) is 42.5 Å². The topological polar surface area (TPSA) is 44.1 Å². The Morgan fingerprint density at radius 1 is 0.852 bits per heavy atom. The van der Waals surface area contributed by atoms with Gasteiger partial charge in [0, 0.05) is 11.1 Å². The van der Waals surface area contributed by atoms with Crippen LogP contribution >= 0.6 is 0 Å². The van der Waals surface area contributed by atoms with Gasteiger partial charge < -0.3 is 4.74 Å². The standard InChI is InChI=1S/C23H18N2O2/c1-27-20-14-12-18(13-15-20)23(26)22-16-21(17-8-4-2-5-9-17)24-25(22)19-10-6-3-7-11-19/h2-16H,1H3. The molecule has 4 rings (SSSR count). The number of nitrogens with zero attached hydrogens (tertiary/aromatic N) is 2. The lowest BCUT2D eigenvalue weighted by Gasteiger charge is -2.07. The van der Waals surface area contributed by atoms with Crippen LogP contribution in [0.2, 0.25) is 0 Å². The summed E-state index contributed by atoms with van der Waals surface area (Å²) < 4.78 is 6.88. The van der Waals surface area contributed by atoms with Crippen LogP contribution in [-0.2, 0) is 0 Å².